The molecule has 142 valence electrons. The topological polar surface area (TPSA) is 64.6 Å². The van der Waals surface area contributed by atoms with Crippen molar-refractivity contribution in [1.82, 2.24) is 0 Å². The van der Waals surface area contributed by atoms with Gasteiger partial charge in [-0.05, 0) is 40.2 Å². The number of anilines is 1. The lowest BCUT2D eigenvalue weighted by Crippen LogP contribution is -2.26. The lowest BCUT2D eigenvalue weighted by atomic mass is 10.1. The number of halogens is 1. The number of hydrogen-bond donors (Lipinski definition) is 1. The number of rotatable bonds is 6. The van der Waals surface area contributed by atoms with E-state index < -0.39 is 18.0 Å². The average Bonchev–Trinajstić information content (AvgIpc) is 2.73. The lowest BCUT2D eigenvalue weighted by molar-refractivity contribution is -0.125. The Morgan fingerprint density at radius 2 is 1.64 bits per heavy atom. The van der Waals surface area contributed by atoms with Crippen LogP contribution in [0.2, 0.25) is 0 Å². The molecule has 0 fully saturated rings. The second kappa shape index (κ2) is 9.19. The number of amides is 1. The number of methoxy groups -OCH3 is 1. The largest absolute Gasteiger partial charge is 0.497 e. The predicted octanol–water partition coefficient (Wildman–Crippen LogP) is 4.99. The number of carbonyl (C=O) groups is 2. The van der Waals surface area contributed by atoms with Crippen LogP contribution in [0.4, 0.5) is 5.69 Å². The molecule has 1 amide bonds. The fourth-order valence-electron chi connectivity index (χ4n) is 2.61. The third-order valence-corrected chi connectivity index (χ3v) is 4.69. The van der Waals surface area contributed by atoms with Crippen molar-refractivity contribution in [3.8, 4) is 5.75 Å². The Labute approximate surface area is 171 Å². The van der Waals surface area contributed by atoms with E-state index in [2.05, 4.69) is 21.2 Å². The molecule has 1 atom stereocenters. The minimum Gasteiger partial charge on any atom is -0.497 e. The van der Waals surface area contributed by atoms with Gasteiger partial charge in [-0.15, -0.1) is 0 Å². The highest BCUT2D eigenvalue weighted by molar-refractivity contribution is 9.10. The highest BCUT2D eigenvalue weighted by Gasteiger charge is 2.26. The Hall–Kier alpha value is -3.12. The van der Waals surface area contributed by atoms with Gasteiger partial charge < -0.3 is 14.8 Å². The van der Waals surface area contributed by atoms with Crippen LogP contribution in [-0.2, 0) is 9.53 Å². The summed E-state index contributed by atoms with van der Waals surface area (Å²) in [6, 6.07) is 22.7. The fraction of sp³-hybridized carbons (Fsp3) is 0.0909. The average molecular weight is 440 g/mol. The van der Waals surface area contributed by atoms with E-state index in [9.17, 15) is 9.59 Å². The first-order valence-electron chi connectivity index (χ1n) is 8.54. The first-order chi connectivity index (χ1) is 13.6. The van der Waals surface area contributed by atoms with E-state index in [1.54, 1.807) is 79.9 Å². The van der Waals surface area contributed by atoms with Crippen molar-refractivity contribution in [1.29, 1.82) is 0 Å². The normalized spacial score (nSPS) is 11.4. The third-order valence-electron chi connectivity index (χ3n) is 4.00. The maximum Gasteiger partial charge on any atom is 0.340 e. The standard InChI is InChI=1S/C22H18BrNO4/c1-27-17-11-7-10-16(14-17)24-21(25)20(15-8-3-2-4-9-15)28-22(26)18-12-5-6-13-19(18)23/h2-14,20H,1H3,(H,24,25)/t20-/m0/s1. The molecule has 0 spiro atoms. The van der Waals surface area contributed by atoms with Gasteiger partial charge in [-0.3, -0.25) is 4.79 Å². The summed E-state index contributed by atoms with van der Waals surface area (Å²) in [4.78, 5) is 25.6. The highest BCUT2D eigenvalue weighted by atomic mass is 79.9. The number of carbonyl (C=O) groups excluding carboxylic acids is 2. The maximum atomic E-state index is 12.9. The summed E-state index contributed by atoms with van der Waals surface area (Å²) in [7, 11) is 1.55. The summed E-state index contributed by atoms with van der Waals surface area (Å²) in [6.45, 7) is 0. The van der Waals surface area contributed by atoms with E-state index in [-0.39, 0.29) is 0 Å². The molecule has 0 aliphatic heterocycles. The van der Waals surface area contributed by atoms with E-state index in [4.69, 9.17) is 9.47 Å². The molecule has 0 saturated carbocycles. The molecule has 6 heteroatoms. The number of ether oxygens (including phenoxy) is 2. The molecule has 0 heterocycles. The van der Waals surface area contributed by atoms with Crippen LogP contribution in [0, 0.1) is 0 Å². The number of nitrogens with one attached hydrogen (secondary N) is 1. The van der Waals surface area contributed by atoms with Crippen LogP contribution in [0.25, 0.3) is 0 Å². The van der Waals surface area contributed by atoms with Crippen molar-refractivity contribution in [3.05, 3.63) is 94.5 Å². The molecule has 0 unspecified atom stereocenters. The van der Waals surface area contributed by atoms with Gasteiger partial charge in [-0.25, -0.2) is 4.79 Å². The number of hydrogen-bond acceptors (Lipinski definition) is 4. The van der Waals surface area contributed by atoms with Crippen molar-refractivity contribution < 1.29 is 19.1 Å². The zero-order valence-corrected chi connectivity index (χ0v) is 16.7. The van der Waals surface area contributed by atoms with Crippen LogP contribution in [0.1, 0.15) is 22.0 Å². The zero-order chi connectivity index (χ0) is 19.9. The molecule has 0 aliphatic rings. The summed E-state index contributed by atoms with van der Waals surface area (Å²) in [5, 5.41) is 2.78. The van der Waals surface area contributed by atoms with Crippen LogP contribution in [0.5, 0.6) is 5.75 Å². The van der Waals surface area contributed by atoms with Crippen LogP contribution < -0.4 is 10.1 Å². The monoisotopic (exact) mass is 439 g/mol. The van der Waals surface area contributed by atoms with Crippen LogP contribution in [0.15, 0.2) is 83.3 Å². The molecular weight excluding hydrogens is 422 g/mol. The second-order valence-electron chi connectivity index (χ2n) is 5.90. The van der Waals surface area contributed by atoms with E-state index >= 15 is 0 Å². The Bertz CT molecular complexity index is 975. The second-order valence-corrected chi connectivity index (χ2v) is 6.75. The summed E-state index contributed by atoms with van der Waals surface area (Å²) < 4.78 is 11.4. The first-order valence-corrected chi connectivity index (χ1v) is 9.33. The van der Waals surface area contributed by atoms with E-state index in [0.29, 0.717) is 27.0 Å². The Balaban J connectivity index is 1.86. The Kier molecular flexibility index (Phi) is 6.45. The van der Waals surface area contributed by atoms with Crippen molar-refractivity contribution in [2.45, 2.75) is 6.10 Å². The summed E-state index contributed by atoms with van der Waals surface area (Å²) in [5.41, 5.74) is 1.46. The number of benzene rings is 3. The van der Waals surface area contributed by atoms with Crippen LogP contribution in [-0.4, -0.2) is 19.0 Å². The van der Waals surface area contributed by atoms with E-state index in [0.717, 1.165) is 0 Å². The molecule has 0 saturated heterocycles. The van der Waals surface area contributed by atoms with Gasteiger partial charge in [-0.1, -0.05) is 48.5 Å². The summed E-state index contributed by atoms with van der Waals surface area (Å²) in [5.74, 6) is -0.443. The van der Waals surface area contributed by atoms with Gasteiger partial charge in [0.15, 0.2) is 0 Å². The molecule has 1 N–H and O–H groups in total. The maximum absolute atomic E-state index is 12.9. The van der Waals surface area contributed by atoms with Crippen LogP contribution >= 0.6 is 15.9 Å². The first kappa shape index (κ1) is 19.6. The van der Waals surface area contributed by atoms with Crippen molar-refractivity contribution in [3.63, 3.8) is 0 Å². The smallest absolute Gasteiger partial charge is 0.340 e. The molecule has 5 nitrogen and oxygen atoms in total. The molecule has 0 radical (unpaired) electrons. The summed E-state index contributed by atoms with van der Waals surface area (Å²) >= 11 is 3.33. The van der Waals surface area contributed by atoms with Gasteiger partial charge in [-0.2, -0.15) is 0 Å². The quantitative estimate of drug-likeness (QED) is 0.549. The summed E-state index contributed by atoms with van der Waals surface area (Å²) in [6.07, 6.45) is -1.10. The molecule has 3 rings (SSSR count). The Morgan fingerprint density at radius 1 is 0.929 bits per heavy atom. The minimum atomic E-state index is -1.10. The number of esters is 1. The van der Waals surface area contributed by atoms with E-state index in [1.165, 1.54) is 0 Å². The Morgan fingerprint density at radius 3 is 2.36 bits per heavy atom. The predicted molar refractivity (Wildman–Crippen MR) is 110 cm³/mol. The molecule has 0 aromatic heterocycles. The molecule has 3 aromatic carbocycles. The van der Waals surface area contributed by atoms with Crippen molar-refractivity contribution in [2.24, 2.45) is 0 Å². The highest BCUT2D eigenvalue weighted by Crippen LogP contribution is 2.25. The molecule has 0 bridgehead atoms. The van der Waals surface area contributed by atoms with Crippen LogP contribution in [0.3, 0.4) is 0 Å². The minimum absolute atomic E-state index is 0.345. The van der Waals surface area contributed by atoms with Crippen molar-refractivity contribution in [2.75, 3.05) is 12.4 Å². The third kappa shape index (κ3) is 4.78. The van der Waals surface area contributed by atoms with Gasteiger partial charge in [0.1, 0.15) is 5.75 Å². The van der Waals surface area contributed by atoms with Gasteiger partial charge >= 0.3 is 5.97 Å². The van der Waals surface area contributed by atoms with Gasteiger partial charge in [0, 0.05) is 21.8 Å². The zero-order valence-electron chi connectivity index (χ0n) is 15.1. The molecular formula is C22H18BrNO4. The van der Waals surface area contributed by atoms with Gasteiger partial charge in [0.2, 0.25) is 6.10 Å². The SMILES string of the molecule is COc1cccc(NC(=O)[C@@H](OC(=O)c2ccccc2Br)c2ccccc2)c1. The van der Waals surface area contributed by atoms with Gasteiger partial charge in [0.05, 0.1) is 12.7 Å². The molecule has 3 aromatic rings. The molecule has 0 aliphatic carbocycles. The lowest BCUT2D eigenvalue weighted by Gasteiger charge is -2.18. The van der Waals surface area contributed by atoms with Crippen molar-refractivity contribution >= 4 is 33.5 Å². The fourth-order valence-corrected chi connectivity index (χ4v) is 3.05. The van der Waals surface area contributed by atoms with Gasteiger partial charge in [0.25, 0.3) is 5.91 Å². The van der Waals surface area contributed by atoms with E-state index in [1.807, 2.05) is 6.07 Å². The molecule has 28 heavy (non-hydrogen) atoms.